The smallest absolute Gasteiger partial charge is 0.408 e. The van der Waals surface area contributed by atoms with Crippen LogP contribution in [-0.2, 0) is 25.7 Å². The molecule has 0 aliphatic rings. The molecule has 1 amide bonds. The summed E-state index contributed by atoms with van der Waals surface area (Å²) in [7, 11) is 0. The van der Waals surface area contributed by atoms with Crippen LogP contribution in [0.15, 0.2) is 42.5 Å². The van der Waals surface area contributed by atoms with Crippen molar-refractivity contribution in [2.24, 2.45) is 0 Å². The fourth-order valence-electron chi connectivity index (χ4n) is 2.10. The number of hydrogen-bond acceptors (Lipinski definition) is 5. The van der Waals surface area contributed by atoms with Crippen LogP contribution in [0.25, 0.3) is 0 Å². The van der Waals surface area contributed by atoms with E-state index in [-0.39, 0.29) is 13.0 Å². The number of benzene rings is 1. The van der Waals surface area contributed by atoms with Crippen molar-refractivity contribution in [2.75, 3.05) is 0 Å². The quantitative estimate of drug-likeness (QED) is 0.435. The maximum atomic E-state index is 12.4. The number of amides is 1. The predicted molar refractivity (Wildman–Crippen MR) is 98.5 cm³/mol. The number of carbonyl (C=O) groups is 3. The van der Waals surface area contributed by atoms with E-state index in [2.05, 4.69) is 11.9 Å². The van der Waals surface area contributed by atoms with Crippen molar-refractivity contribution < 1.29 is 23.9 Å². The van der Waals surface area contributed by atoms with Crippen LogP contribution < -0.4 is 5.32 Å². The third kappa shape index (κ3) is 9.01. The molecular weight excluding hydrogens is 334 g/mol. The number of carbonyl (C=O) groups excluding carboxylic acids is 3. The standard InChI is InChI=1S/C20H27NO5/c1-14(2)11-16(21-19(24)26-20(3,4)5)17(22)12-18(23)25-13-15-9-7-6-8-10-15/h6-10,16H,1,11-13H2,2-5H3,(H,21,24)/t16-/m0/s1. The molecule has 1 N–H and O–H groups in total. The summed E-state index contributed by atoms with van der Waals surface area (Å²) in [4.78, 5) is 36.2. The highest BCUT2D eigenvalue weighted by Gasteiger charge is 2.26. The molecule has 0 saturated carbocycles. The van der Waals surface area contributed by atoms with Gasteiger partial charge in [-0.3, -0.25) is 9.59 Å². The minimum atomic E-state index is -0.883. The van der Waals surface area contributed by atoms with E-state index in [9.17, 15) is 14.4 Å². The van der Waals surface area contributed by atoms with Crippen LogP contribution in [-0.4, -0.2) is 29.5 Å². The van der Waals surface area contributed by atoms with Gasteiger partial charge in [-0.25, -0.2) is 4.79 Å². The topological polar surface area (TPSA) is 81.7 Å². The summed E-state index contributed by atoms with van der Waals surface area (Å²) in [6.45, 7) is 10.8. The first-order chi connectivity index (χ1) is 12.1. The van der Waals surface area contributed by atoms with E-state index in [0.29, 0.717) is 5.57 Å². The molecule has 1 atom stereocenters. The minimum Gasteiger partial charge on any atom is -0.460 e. The van der Waals surface area contributed by atoms with Crippen molar-refractivity contribution in [1.29, 1.82) is 0 Å². The lowest BCUT2D eigenvalue weighted by atomic mass is 10.0. The average Bonchev–Trinajstić information content (AvgIpc) is 2.51. The molecule has 142 valence electrons. The average molecular weight is 361 g/mol. The number of alkyl carbamates (subject to hydrolysis) is 1. The Hall–Kier alpha value is -2.63. The fourth-order valence-corrected chi connectivity index (χ4v) is 2.10. The van der Waals surface area contributed by atoms with Gasteiger partial charge in [-0.1, -0.05) is 35.9 Å². The molecule has 0 aliphatic heterocycles. The summed E-state index contributed by atoms with van der Waals surface area (Å²) in [5.41, 5.74) is 0.853. The van der Waals surface area contributed by atoms with E-state index >= 15 is 0 Å². The lowest BCUT2D eigenvalue weighted by Crippen LogP contribution is -2.44. The van der Waals surface area contributed by atoms with Gasteiger partial charge in [0.2, 0.25) is 0 Å². The molecule has 0 aromatic heterocycles. The Morgan fingerprint density at radius 3 is 2.31 bits per heavy atom. The fraction of sp³-hybridized carbons (Fsp3) is 0.450. The third-order valence-corrected chi connectivity index (χ3v) is 3.19. The third-order valence-electron chi connectivity index (χ3n) is 3.19. The number of ether oxygens (including phenoxy) is 2. The molecule has 26 heavy (non-hydrogen) atoms. The van der Waals surface area contributed by atoms with Crippen LogP contribution >= 0.6 is 0 Å². The molecule has 6 nitrogen and oxygen atoms in total. The highest BCUT2D eigenvalue weighted by atomic mass is 16.6. The van der Waals surface area contributed by atoms with Crippen molar-refractivity contribution in [1.82, 2.24) is 5.32 Å². The summed E-state index contributed by atoms with van der Waals surface area (Å²) in [5.74, 6) is -1.09. The Bertz CT molecular complexity index is 646. The highest BCUT2D eigenvalue weighted by molar-refractivity contribution is 5.99. The number of esters is 1. The van der Waals surface area contributed by atoms with Crippen LogP contribution in [0.4, 0.5) is 4.79 Å². The van der Waals surface area contributed by atoms with Gasteiger partial charge in [0.05, 0.1) is 6.04 Å². The summed E-state index contributed by atoms with van der Waals surface area (Å²) in [5, 5.41) is 2.50. The minimum absolute atomic E-state index is 0.0948. The maximum Gasteiger partial charge on any atom is 0.408 e. The molecule has 0 fully saturated rings. The van der Waals surface area contributed by atoms with Gasteiger partial charge in [0.1, 0.15) is 18.6 Å². The SMILES string of the molecule is C=C(C)C[C@H](NC(=O)OC(C)(C)C)C(=O)CC(=O)OCc1ccccc1. The van der Waals surface area contributed by atoms with Gasteiger partial charge in [-0.15, -0.1) is 6.58 Å². The number of ketones is 1. The number of rotatable bonds is 8. The van der Waals surface area contributed by atoms with Crippen LogP contribution in [0.3, 0.4) is 0 Å². The first kappa shape index (κ1) is 21.4. The zero-order valence-corrected chi connectivity index (χ0v) is 15.8. The second kappa shape index (κ2) is 9.75. The van der Waals surface area contributed by atoms with Crippen molar-refractivity contribution >= 4 is 17.8 Å². The maximum absolute atomic E-state index is 12.4. The molecule has 0 unspecified atom stereocenters. The largest absolute Gasteiger partial charge is 0.460 e. The Kier molecular flexibility index (Phi) is 8.03. The van der Waals surface area contributed by atoms with Crippen LogP contribution in [0.1, 0.15) is 46.1 Å². The normalized spacial score (nSPS) is 12.0. The van der Waals surface area contributed by atoms with Crippen molar-refractivity contribution in [3.8, 4) is 0 Å². The monoisotopic (exact) mass is 361 g/mol. The van der Waals surface area contributed by atoms with Crippen molar-refractivity contribution in [2.45, 2.75) is 58.8 Å². The molecule has 6 heteroatoms. The van der Waals surface area contributed by atoms with Crippen molar-refractivity contribution in [3.63, 3.8) is 0 Å². The summed E-state index contributed by atoms with van der Waals surface area (Å²) < 4.78 is 10.3. The van der Waals surface area contributed by atoms with E-state index in [1.165, 1.54) is 0 Å². The Labute approximate surface area is 154 Å². The molecule has 0 bridgehead atoms. The molecule has 0 saturated heterocycles. The highest BCUT2D eigenvalue weighted by Crippen LogP contribution is 2.11. The van der Waals surface area contributed by atoms with E-state index in [4.69, 9.17) is 9.47 Å². The van der Waals surface area contributed by atoms with Gasteiger partial charge in [0.15, 0.2) is 5.78 Å². The van der Waals surface area contributed by atoms with Crippen molar-refractivity contribution in [3.05, 3.63) is 48.0 Å². The summed E-state index contributed by atoms with van der Waals surface area (Å²) >= 11 is 0. The van der Waals surface area contributed by atoms with Gasteiger partial charge in [0, 0.05) is 0 Å². The van der Waals surface area contributed by atoms with Crippen LogP contribution in [0, 0.1) is 0 Å². The molecule has 0 heterocycles. The zero-order chi connectivity index (χ0) is 19.7. The van der Waals surface area contributed by atoms with Crippen LogP contribution in [0.2, 0.25) is 0 Å². The molecule has 1 rings (SSSR count). The second-order valence-electron chi connectivity index (χ2n) is 7.15. The van der Waals surface area contributed by atoms with E-state index in [0.717, 1.165) is 5.56 Å². The van der Waals surface area contributed by atoms with E-state index in [1.807, 2.05) is 30.3 Å². The Morgan fingerprint density at radius 2 is 1.77 bits per heavy atom. The van der Waals surface area contributed by atoms with Gasteiger partial charge >= 0.3 is 12.1 Å². The summed E-state index contributed by atoms with van der Waals surface area (Å²) in [6, 6.07) is 8.29. The molecule has 0 radical (unpaired) electrons. The van der Waals surface area contributed by atoms with Gasteiger partial charge in [-0.2, -0.15) is 0 Å². The predicted octanol–water partition coefficient (Wildman–Crippen LogP) is 3.55. The number of hydrogen-bond donors (Lipinski definition) is 1. The number of nitrogens with one attached hydrogen (secondary N) is 1. The molecular formula is C20H27NO5. The van der Waals surface area contributed by atoms with Gasteiger partial charge < -0.3 is 14.8 Å². The Balaban J connectivity index is 2.60. The van der Waals surface area contributed by atoms with E-state index in [1.54, 1.807) is 27.7 Å². The zero-order valence-electron chi connectivity index (χ0n) is 15.8. The first-order valence-electron chi connectivity index (χ1n) is 8.43. The van der Waals surface area contributed by atoms with E-state index < -0.39 is 35.9 Å². The van der Waals surface area contributed by atoms with Gasteiger partial charge in [0.25, 0.3) is 0 Å². The molecule has 0 spiro atoms. The summed E-state index contributed by atoms with van der Waals surface area (Å²) in [6.07, 6.45) is -0.917. The lowest BCUT2D eigenvalue weighted by Gasteiger charge is -2.23. The number of Topliss-reactive ketones (excluding diaryl/α,β-unsaturated/α-hetero) is 1. The van der Waals surface area contributed by atoms with Crippen LogP contribution in [0.5, 0.6) is 0 Å². The first-order valence-corrected chi connectivity index (χ1v) is 8.43. The van der Waals surface area contributed by atoms with Gasteiger partial charge in [-0.05, 0) is 39.7 Å². The molecule has 1 aromatic rings. The second-order valence-corrected chi connectivity index (χ2v) is 7.15. The lowest BCUT2D eigenvalue weighted by molar-refractivity contribution is -0.147. The molecule has 1 aromatic carbocycles. The molecule has 0 aliphatic carbocycles. The Morgan fingerprint density at radius 1 is 1.15 bits per heavy atom.